The van der Waals surface area contributed by atoms with Crippen molar-refractivity contribution in [2.75, 3.05) is 31.2 Å². The van der Waals surface area contributed by atoms with Gasteiger partial charge >= 0.3 is 6.18 Å². The van der Waals surface area contributed by atoms with E-state index in [-0.39, 0.29) is 12.1 Å². The minimum Gasteiger partial charge on any atom is -0.378 e. The maximum Gasteiger partial charge on any atom is 0.416 e. The molecule has 1 aromatic carbocycles. The Bertz CT molecular complexity index is 820. The standard InChI is InChI=1S/C18H19F3N4O2/c1-12-9-15(24-17(23-12)25-5-7-27-8-6-25)11-22-16(26)13-3-2-4-14(10-13)18(19,20)21/h2-4,9-10H,5-8,11H2,1H3,(H,22,26). The lowest BCUT2D eigenvalue weighted by Gasteiger charge is -2.27. The van der Waals surface area contributed by atoms with Crippen LogP contribution in [-0.4, -0.2) is 42.2 Å². The number of nitrogens with one attached hydrogen (secondary N) is 1. The molecule has 0 aliphatic carbocycles. The van der Waals surface area contributed by atoms with Crippen molar-refractivity contribution >= 4 is 11.9 Å². The van der Waals surface area contributed by atoms with E-state index in [9.17, 15) is 18.0 Å². The topological polar surface area (TPSA) is 67.4 Å². The van der Waals surface area contributed by atoms with Gasteiger partial charge in [0.1, 0.15) is 0 Å². The van der Waals surface area contributed by atoms with Gasteiger partial charge in [-0.25, -0.2) is 9.97 Å². The van der Waals surface area contributed by atoms with E-state index in [0.717, 1.165) is 17.8 Å². The number of rotatable bonds is 4. The van der Waals surface area contributed by atoms with Gasteiger partial charge in [0.15, 0.2) is 0 Å². The summed E-state index contributed by atoms with van der Waals surface area (Å²) in [5.41, 5.74) is 0.422. The zero-order chi connectivity index (χ0) is 19.4. The van der Waals surface area contributed by atoms with Gasteiger partial charge in [0, 0.05) is 24.3 Å². The van der Waals surface area contributed by atoms with Gasteiger partial charge in [-0.2, -0.15) is 13.2 Å². The predicted molar refractivity (Wildman–Crippen MR) is 92.4 cm³/mol. The quantitative estimate of drug-likeness (QED) is 0.883. The Balaban J connectivity index is 1.69. The number of aryl methyl sites for hydroxylation is 1. The minimum absolute atomic E-state index is 0.0518. The highest BCUT2D eigenvalue weighted by Gasteiger charge is 2.30. The van der Waals surface area contributed by atoms with Gasteiger partial charge < -0.3 is 15.0 Å². The number of aromatic nitrogens is 2. The molecule has 6 nitrogen and oxygen atoms in total. The van der Waals surface area contributed by atoms with Crippen LogP contribution in [0.15, 0.2) is 30.3 Å². The zero-order valence-electron chi connectivity index (χ0n) is 14.7. The minimum atomic E-state index is -4.49. The number of hydrogen-bond donors (Lipinski definition) is 1. The Hall–Kier alpha value is -2.68. The monoisotopic (exact) mass is 380 g/mol. The summed E-state index contributed by atoms with van der Waals surface area (Å²) >= 11 is 0. The molecule has 0 atom stereocenters. The Labute approximate surface area is 154 Å². The lowest BCUT2D eigenvalue weighted by molar-refractivity contribution is -0.137. The first-order valence-electron chi connectivity index (χ1n) is 8.45. The molecular formula is C18H19F3N4O2. The van der Waals surface area contributed by atoms with Crippen LogP contribution in [0.4, 0.5) is 19.1 Å². The molecular weight excluding hydrogens is 361 g/mol. The van der Waals surface area contributed by atoms with Crippen molar-refractivity contribution < 1.29 is 22.7 Å². The zero-order valence-corrected chi connectivity index (χ0v) is 14.7. The molecule has 1 N–H and O–H groups in total. The summed E-state index contributed by atoms with van der Waals surface area (Å²) < 4.78 is 43.7. The van der Waals surface area contributed by atoms with Gasteiger partial charge in [0.2, 0.25) is 5.95 Å². The normalized spacial score (nSPS) is 14.9. The fraction of sp³-hybridized carbons (Fsp3) is 0.389. The smallest absolute Gasteiger partial charge is 0.378 e. The molecule has 1 aromatic heterocycles. The van der Waals surface area contributed by atoms with Crippen molar-refractivity contribution in [3.8, 4) is 0 Å². The number of hydrogen-bond acceptors (Lipinski definition) is 5. The van der Waals surface area contributed by atoms with Gasteiger partial charge in [-0.15, -0.1) is 0 Å². The highest BCUT2D eigenvalue weighted by Crippen LogP contribution is 2.29. The molecule has 2 heterocycles. The van der Waals surface area contributed by atoms with Gasteiger partial charge in [-0.3, -0.25) is 4.79 Å². The van der Waals surface area contributed by atoms with E-state index in [2.05, 4.69) is 15.3 Å². The van der Waals surface area contributed by atoms with Gasteiger partial charge in [-0.05, 0) is 31.2 Å². The maximum atomic E-state index is 12.8. The SMILES string of the molecule is Cc1cc(CNC(=O)c2cccc(C(F)(F)F)c2)nc(N2CCOCC2)n1. The molecule has 0 bridgehead atoms. The molecule has 0 radical (unpaired) electrons. The third-order valence-electron chi connectivity index (χ3n) is 4.07. The van der Waals surface area contributed by atoms with Gasteiger partial charge in [-0.1, -0.05) is 6.07 Å². The van der Waals surface area contributed by atoms with E-state index in [0.29, 0.717) is 37.9 Å². The fourth-order valence-corrected chi connectivity index (χ4v) is 2.72. The fourth-order valence-electron chi connectivity index (χ4n) is 2.72. The van der Waals surface area contributed by atoms with Crippen molar-refractivity contribution in [1.82, 2.24) is 15.3 Å². The third-order valence-corrected chi connectivity index (χ3v) is 4.07. The lowest BCUT2D eigenvalue weighted by Crippen LogP contribution is -2.37. The molecule has 3 rings (SSSR count). The molecule has 9 heteroatoms. The van der Waals surface area contributed by atoms with Crippen LogP contribution in [-0.2, 0) is 17.5 Å². The summed E-state index contributed by atoms with van der Waals surface area (Å²) in [4.78, 5) is 23.1. The Kier molecular flexibility index (Phi) is 5.59. The van der Waals surface area contributed by atoms with E-state index < -0.39 is 17.6 Å². The number of benzene rings is 1. The molecule has 1 aliphatic heterocycles. The first kappa shape index (κ1) is 19.1. The number of ether oxygens (including phenoxy) is 1. The number of amides is 1. The van der Waals surface area contributed by atoms with Crippen LogP contribution >= 0.6 is 0 Å². The van der Waals surface area contributed by atoms with Crippen molar-refractivity contribution in [3.05, 3.63) is 52.8 Å². The first-order chi connectivity index (χ1) is 12.8. The van der Waals surface area contributed by atoms with E-state index >= 15 is 0 Å². The van der Waals surface area contributed by atoms with Crippen LogP contribution in [0.1, 0.15) is 27.3 Å². The molecule has 1 saturated heterocycles. The van der Waals surface area contributed by atoms with Crippen molar-refractivity contribution in [2.45, 2.75) is 19.6 Å². The van der Waals surface area contributed by atoms with Gasteiger partial charge in [0.05, 0.1) is 31.0 Å². The maximum absolute atomic E-state index is 12.8. The van der Waals surface area contributed by atoms with E-state index in [1.165, 1.54) is 12.1 Å². The van der Waals surface area contributed by atoms with Crippen LogP contribution in [0, 0.1) is 6.92 Å². The first-order valence-corrected chi connectivity index (χ1v) is 8.45. The predicted octanol–water partition coefficient (Wildman–Crippen LogP) is 2.57. The van der Waals surface area contributed by atoms with E-state index in [1.54, 1.807) is 6.07 Å². The summed E-state index contributed by atoms with van der Waals surface area (Å²) in [7, 11) is 0. The average molecular weight is 380 g/mol. The van der Waals surface area contributed by atoms with Crippen LogP contribution in [0.25, 0.3) is 0 Å². The number of halogens is 3. The molecule has 0 saturated carbocycles. The van der Waals surface area contributed by atoms with Crippen molar-refractivity contribution in [2.24, 2.45) is 0 Å². The molecule has 0 unspecified atom stereocenters. The number of alkyl halides is 3. The van der Waals surface area contributed by atoms with E-state index in [1.807, 2.05) is 11.8 Å². The van der Waals surface area contributed by atoms with Crippen LogP contribution in [0.3, 0.4) is 0 Å². The third kappa shape index (κ3) is 4.94. The molecule has 27 heavy (non-hydrogen) atoms. The van der Waals surface area contributed by atoms with Crippen LogP contribution < -0.4 is 10.2 Å². The molecule has 2 aromatic rings. The average Bonchev–Trinajstić information content (AvgIpc) is 2.66. The highest BCUT2D eigenvalue weighted by atomic mass is 19.4. The second kappa shape index (κ2) is 7.91. The number of carbonyl (C=O) groups is 1. The summed E-state index contributed by atoms with van der Waals surface area (Å²) in [5, 5.41) is 2.61. The largest absolute Gasteiger partial charge is 0.416 e. The number of carbonyl (C=O) groups excluding carboxylic acids is 1. The Morgan fingerprint density at radius 2 is 1.96 bits per heavy atom. The molecule has 144 valence electrons. The highest BCUT2D eigenvalue weighted by molar-refractivity contribution is 5.94. The summed E-state index contributed by atoms with van der Waals surface area (Å²) in [6.45, 7) is 4.47. The molecule has 1 aliphatic rings. The van der Waals surface area contributed by atoms with Crippen molar-refractivity contribution in [1.29, 1.82) is 0 Å². The Morgan fingerprint density at radius 1 is 1.22 bits per heavy atom. The molecule has 0 spiro atoms. The van der Waals surface area contributed by atoms with Crippen LogP contribution in [0.5, 0.6) is 0 Å². The number of anilines is 1. The second-order valence-electron chi connectivity index (χ2n) is 6.16. The summed E-state index contributed by atoms with van der Waals surface area (Å²) in [5.74, 6) is -0.0353. The van der Waals surface area contributed by atoms with Crippen molar-refractivity contribution in [3.63, 3.8) is 0 Å². The summed E-state index contributed by atoms with van der Waals surface area (Å²) in [6, 6.07) is 6.05. The lowest BCUT2D eigenvalue weighted by atomic mass is 10.1. The Morgan fingerprint density at radius 3 is 2.67 bits per heavy atom. The molecule has 1 amide bonds. The number of nitrogens with zero attached hydrogens (tertiary/aromatic N) is 3. The van der Waals surface area contributed by atoms with E-state index in [4.69, 9.17) is 4.74 Å². The van der Waals surface area contributed by atoms with Gasteiger partial charge in [0.25, 0.3) is 5.91 Å². The molecule has 1 fully saturated rings. The number of morpholine rings is 1. The van der Waals surface area contributed by atoms with Crippen LogP contribution in [0.2, 0.25) is 0 Å². The second-order valence-corrected chi connectivity index (χ2v) is 6.16. The summed E-state index contributed by atoms with van der Waals surface area (Å²) in [6.07, 6.45) is -4.49.